The van der Waals surface area contributed by atoms with Gasteiger partial charge in [-0.2, -0.15) is 0 Å². The van der Waals surface area contributed by atoms with E-state index in [-0.39, 0.29) is 17.4 Å². The first kappa shape index (κ1) is 21.0. The fourth-order valence-electron chi connectivity index (χ4n) is 4.55. The second-order valence-corrected chi connectivity index (χ2v) is 8.48. The van der Waals surface area contributed by atoms with Gasteiger partial charge in [0.1, 0.15) is 0 Å². The van der Waals surface area contributed by atoms with Crippen LogP contribution < -0.4 is 4.74 Å². The van der Waals surface area contributed by atoms with Gasteiger partial charge in [-0.25, -0.2) is 4.79 Å². The number of hydrogen-bond donors (Lipinski definition) is 2. The summed E-state index contributed by atoms with van der Waals surface area (Å²) in [4.78, 5) is 12.1. The van der Waals surface area contributed by atoms with E-state index < -0.39 is 5.97 Å². The van der Waals surface area contributed by atoms with Crippen LogP contribution in [0.25, 0.3) is 16.3 Å². The van der Waals surface area contributed by atoms with Crippen LogP contribution in [0, 0.1) is 0 Å². The Morgan fingerprint density at radius 2 is 1.74 bits per heavy atom. The molecule has 0 radical (unpaired) electrons. The van der Waals surface area contributed by atoms with Crippen molar-refractivity contribution in [2.24, 2.45) is 0 Å². The van der Waals surface area contributed by atoms with Gasteiger partial charge < -0.3 is 14.9 Å². The highest BCUT2D eigenvalue weighted by Gasteiger charge is 2.24. The Hall–Kier alpha value is -3.27. The number of phenols is 1. The van der Waals surface area contributed by atoms with Gasteiger partial charge in [0.25, 0.3) is 0 Å². The molecule has 3 aromatic carbocycles. The maximum Gasteiger partial charge on any atom is 0.336 e. The Bertz CT molecular complexity index is 1130. The number of carbonyl (C=O) groups is 1. The van der Waals surface area contributed by atoms with Crippen LogP contribution in [-0.2, 0) is 11.2 Å². The lowest BCUT2D eigenvalue weighted by molar-refractivity contribution is -0.130. The highest BCUT2D eigenvalue weighted by molar-refractivity contribution is 6.21. The third-order valence-corrected chi connectivity index (χ3v) is 6.00. The van der Waals surface area contributed by atoms with E-state index in [1.54, 1.807) is 19.9 Å². The Morgan fingerprint density at radius 3 is 2.39 bits per heavy atom. The summed E-state index contributed by atoms with van der Waals surface area (Å²) < 4.78 is 6.20. The van der Waals surface area contributed by atoms with Crippen molar-refractivity contribution in [1.82, 2.24) is 0 Å². The van der Waals surface area contributed by atoms with Gasteiger partial charge in [0.05, 0.1) is 11.7 Å². The van der Waals surface area contributed by atoms with Gasteiger partial charge in [-0.3, -0.25) is 0 Å². The van der Waals surface area contributed by atoms with Crippen molar-refractivity contribution in [1.29, 1.82) is 0 Å². The molecule has 0 heterocycles. The summed E-state index contributed by atoms with van der Waals surface area (Å²) in [6, 6.07) is 17.6. The molecule has 0 amide bonds. The fraction of sp³-hybridized carbons (Fsp3) is 0.296. The number of phenolic OH excluding ortho intramolecular Hbond substituents is 1. The fourth-order valence-corrected chi connectivity index (χ4v) is 4.55. The quantitative estimate of drug-likeness (QED) is 0.460. The van der Waals surface area contributed by atoms with Gasteiger partial charge in [-0.05, 0) is 68.5 Å². The normalized spacial score (nSPS) is 14.0. The van der Waals surface area contributed by atoms with Crippen molar-refractivity contribution in [3.8, 4) is 11.5 Å². The second kappa shape index (κ2) is 8.84. The molecule has 0 aliphatic heterocycles. The minimum atomic E-state index is -0.979. The van der Waals surface area contributed by atoms with E-state index >= 15 is 0 Å². The molecular weight excluding hydrogens is 388 g/mol. The van der Waals surface area contributed by atoms with Crippen LogP contribution in [0.15, 0.2) is 60.2 Å². The second-order valence-electron chi connectivity index (χ2n) is 8.48. The average molecular weight is 417 g/mol. The smallest absolute Gasteiger partial charge is 0.336 e. The number of carboxylic acid groups (broad SMARTS) is 1. The molecule has 0 unspecified atom stereocenters. The Kier molecular flexibility index (Phi) is 5.99. The number of ether oxygens (including phenoxy) is 1. The van der Waals surface area contributed by atoms with Crippen molar-refractivity contribution in [3.63, 3.8) is 0 Å². The van der Waals surface area contributed by atoms with Gasteiger partial charge in [0.15, 0.2) is 11.5 Å². The van der Waals surface area contributed by atoms with Crippen LogP contribution in [0.4, 0.5) is 0 Å². The zero-order valence-electron chi connectivity index (χ0n) is 18.0. The molecule has 0 saturated heterocycles. The summed E-state index contributed by atoms with van der Waals surface area (Å²) in [7, 11) is 0. The summed E-state index contributed by atoms with van der Waals surface area (Å²) in [5.74, 6) is -0.516. The van der Waals surface area contributed by atoms with Crippen molar-refractivity contribution in [2.75, 3.05) is 0 Å². The van der Waals surface area contributed by atoms with E-state index in [1.807, 2.05) is 36.4 Å². The lowest BCUT2D eigenvalue weighted by atomic mass is 9.90. The Morgan fingerprint density at radius 1 is 1.03 bits per heavy atom. The van der Waals surface area contributed by atoms with Crippen LogP contribution in [0.5, 0.6) is 11.5 Å². The van der Waals surface area contributed by atoms with Gasteiger partial charge >= 0.3 is 5.97 Å². The summed E-state index contributed by atoms with van der Waals surface area (Å²) >= 11 is 0. The number of carboxylic acids is 1. The van der Waals surface area contributed by atoms with E-state index in [0.29, 0.717) is 28.7 Å². The standard InChI is InChI=1S/C27H28O4/c1-17(2)24(27(29)30)22-16-23(31-20-12-6-7-13-20)26(28)25-19(11-8-14-21(22)25)15-18-9-4-3-5-10-18/h3-5,8-11,14,16,20,28H,6-7,12-13,15H2,1-2H3,(H,29,30). The molecule has 4 nitrogen and oxygen atoms in total. The molecule has 160 valence electrons. The van der Waals surface area contributed by atoms with E-state index in [1.165, 1.54) is 0 Å². The van der Waals surface area contributed by atoms with Crippen LogP contribution in [0.2, 0.25) is 0 Å². The molecule has 1 aliphatic rings. The summed E-state index contributed by atoms with van der Waals surface area (Å²) in [6.45, 7) is 3.60. The third-order valence-electron chi connectivity index (χ3n) is 6.00. The molecular formula is C27H28O4. The Labute approximate surface area is 182 Å². The molecule has 0 atom stereocenters. The molecule has 31 heavy (non-hydrogen) atoms. The minimum Gasteiger partial charge on any atom is -0.504 e. The number of allylic oxidation sites excluding steroid dienone is 1. The first-order valence-electron chi connectivity index (χ1n) is 10.8. The lowest BCUT2D eigenvalue weighted by Crippen LogP contribution is -2.12. The highest BCUT2D eigenvalue weighted by Crippen LogP contribution is 2.43. The molecule has 3 aromatic rings. The summed E-state index contributed by atoms with van der Waals surface area (Å²) in [6.07, 6.45) is 4.81. The maximum atomic E-state index is 12.1. The van der Waals surface area contributed by atoms with Crippen molar-refractivity contribution < 1.29 is 19.7 Å². The number of fused-ring (bicyclic) bond motifs is 1. The van der Waals surface area contributed by atoms with Gasteiger partial charge in [0, 0.05) is 10.9 Å². The van der Waals surface area contributed by atoms with Crippen LogP contribution >= 0.6 is 0 Å². The summed E-state index contributed by atoms with van der Waals surface area (Å²) in [5, 5.41) is 22.6. The molecule has 4 rings (SSSR count). The Balaban J connectivity index is 1.95. The monoisotopic (exact) mass is 416 g/mol. The largest absolute Gasteiger partial charge is 0.504 e. The van der Waals surface area contributed by atoms with Crippen LogP contribution in [0.1, 0.15) is 56.2 Å². The predicted octanol–water partition coefficient (Wildman–Crippen LogP) is 6.34. The van der Waals surface area contributed by atoms with Crippen molar-refractivity contribution in [3.05, 3.63) is 76.9 Å². The van der Waals surface area contributed by atoms with Gasteiger partial charge in [-0.1, -0.05) is 54.1 Å². The van der Waals surface area contributed by atoms with Crippen molar-refractivity contribution in [2.45, 2.75) is 52.1 Å². The number of rotatable bonds is 6. The van der Waals surface area contributed by atoms with E-state index in [2.05, 4.69) is 12.1 Å². The molecule has 4 heteroatoms. The molecule has 1 saturated carbocycles. The molecule has 2 N–H and O–H groups in total. The van der Waals surface area contributed by atoms with Crippen LogP contribution in [0.3, 0.4) is 0 Å². The molecule has 1 aliphatic carbocycles. The lowest BCUT2D eigenvalue weighted by Gasteiger charge is -2.20. The van der Waals surface area contributed by atoms with Gasteiger partial charge in [0.2, 0.25) is 0 Å². The predicted molar refractivity (Wildman–Crippen MR) is 124 cm³/mol. The zero-order valence-corrected chi connectivity index (χ0v) is 18.0. The molecule has 0 bridgehead atoms. The van der Waals surface area contributed by atoms with E-state index in [9.17, 15) is 15.0 Å². The molecule has 0 spiro atoms. The molecule has 0 aromatic heterocycles. The topological polar surface area (TPSA) is 66.8 Å². The van der Waals surface area contributed by atoms with Crippen molar-refractivity contribution >= 4 is 22.3 Å². The number of aliphatic carboxylic acids is 1. The number of aromatic hydroxyl groups is 1. The highest BCUT2D eigenvalue weighted by atomic mass is 16.5. The number of hydrogen-bond acceptors (Lipinski definition) is 3. The SMILES string of the molecule is CC(C)=C(C(=O)O)c1cc(OC2CCCC2)c(O)c2c(Cc3ccccc3)cccc12. The van der Waals surface area contributed by atoms with Crippen LogP contribution in [-0.4, -0.2) is 22.3 Å². The minimum absolute atomic E-state index is 0.0532. The third kappa shape index (κ3) is 4.29. The van der Waals surface area contributed by atoms with Gasteiger partial charge in [-0.15, -0.1) is 0 Å². The molecule has 1 fully saturated rings. The average Bonchev–Trinajstić information content (AvgIpc) is 3.25. The van der Waals surface area contributed by atoms with E-state index in [4.69, 9.17) is 4.74 Å². The zero-order chi connectivity index (χ0) is 22.0. The number of benzene rings is 3. The first-order valence-corrected chi connectivity index (χ1v) is 10.8. The first-order chi connectivity index (χ1) is 15.0. The summed E-state index contributed by atoms with van der Waals surface area (Å²) in [5.41, 5.74) is 3.61. The maximum absolute atomic E-state index is 12.1. The van der Waals surface area contributed by atoms with E-state index in [0.717, 1.165) is 42.2 Å².